The topological polar surface area (TPSA) is 51.8 Å². The zero-order chi connectivity index (χ0) is 49.1. The SMILES string of the molecule is Cc1cnc(-c2[c-]cc(-c3ccccc3-c3cc(CCc4c[c-]c(-c5ccccn5)cc4)cc(CCc4c[c-]c(-c5ccccn5)cc4)c3)c(-c3cccc4oc5cc(-c6ccccc6)ccc5c34)c2)cc1C.[Ir+3]. The molecule has 74 heavy (non-hydrogen) atoms. The van der Waals surface area contributed by atoms with Gasteiger partial charge in [-0.1, -0.05) is 156 Å². The largest absolute Gasteiger partial charge is 3.00 e. The molecule has 356 valence electrons. The summed E-state index contributed by atoms with van der Waals surface area (Å²) < 4.78 is 6.72. The predicted molar refractivity (Wildman–Crippen MR) is 299 cm³/mol. The molecule has 0 saturated heterocycles. The van der Waals surface area contributed by atoms with Gasteiger partial charge in [0, 0.05) is 29.4 Å². The first-order chi connectivity index (χ1) is 36.0. The van der Waals surface area contributed by atoms with Gasteiger partial charge in [0.25, 0.3) is 0 Å². The van der Waals surface area contributed by atoms with Crippen LogP contribution in [0.4, 0.5) is 0 Å². The number of aryl methyl sites for hydroxylation is 6. The summed E-state index contributed by atoms with van der Waals surface area (Å²) in [6.45, 7) is 4.25. The third-order valence-electron chi connectivity index (χ3n) is 14.1. The summed E-state index contributed by atoms with van der Waals surface area (Å²) in [5.41, 5.74) is 23.9. The molecule has 0 unspecified atom stereocenters. The zero-order valence-electron chi connectivity index (χ0n) is 41.2. The molecular formula is C69H50IrN3O. The molecule has 8 aromatic carbocycles. The molecule has 0 bridgehead atoms. The van der Waals surface area contributed by atoms with Crippen molar-refractivity contribution in [3.63, 3.8) is 0 Å². The summed E-state index contributed by atoms with van der Waals surface area (Å²) in [6, 6.07) is 81.8. The molecule has 0 saturated carbocycles. The number of hydrogen-bond acceptors (Lipinski definition) is 4. The Labute approximate surface area is 446 Å². The van der Waals surface area contributed by atoms with Crippen LogP contribution in [0.5, 0.6) is 0 Å². The van der Waals surface area contributed by atoms with E-state index in [2.05, 4.69) is 206 Å². The summed E-state index contributed by atoms with van der Waals surface area (Å²) in [6.07, 6.45) is 9.15. The van der Waals surface area contributed by atoms with Gasteiger partial charge >= 0.3 is 20.1 Å². The average molecular weight is 1130 g/mol. The van der Waals surface area contributed by atoms with Gasteiger partial charge in [-0.3, -0.25) is 0 Å². The van der Waals surface area contributed by atoms with Gasteiger partial charge in [0.05, 0.1) is 0 Å². The second-order valence-electron chi connectivity index (χ2n) is 18.9. The van der Waals surface area contributed by atoms with Crippen LogP contribution in [0.3, 0.4) is 0 Å². The smallest absolute Gasteiger partial charge is 0.456 e. The maximum absolute atomic E-state index is 6.72. The molecule has 0 aliphatic heterocycles. The van der Waals surface area contributed by atoms with Crippen LogP contribution in [-0.2, 0) is 45.8 Å². The van der Waals surface area contributed by atoms with Crippen molar-refractivity contribution in [2.75, 3.05) is 0 Å². The van der Waals surface area contributed by atoms with Crippen LogP contribution in [0.1, 0.15) is 33.4 Å². The van der Waals surface area contributed by atoms with E-state index in [-0.39, 0.29) is 20.1 Å². The summed E-state index contributed by atoms with van der Waals surface area (Å²) in [4.78, 5) is 14.0. The third kappa shape index (κ3) is 10.1. The fraction of sp³-hybridized carbons (Fsp3) is 0.0870. The first kappa shape index (κ1) is 48.0. The molecule has 12 aromatic rings. The van der Waals surface area contributed by atoms with Crippen molar-refractivity contribution in [2.45, 2.75) is 39.5 Å². The Morgan fingerprint density at radius 3 is 1.64 bits per heavy atom. The monoisotopic (exact) mass is 1130 g/mol. The van der Waals surface area contributed by atoms with Crippen LogP contribution in [0.2, 0.25) is 0 Å². The Bertz CT molecular complexity index is 3800. The van der Waals surface area contributed by atoms with Crippen molar-refractivity contribution in [3.05, 3.63) is 270 Å². The quantitative estimate of drug-likeness (QED) is 0.108. The van der Waals surface area contributed by atoms with Crippen molar-refractivity contribution in [3.8, 4) is 78.3 Å². The van der Waals surface area contributed by atoms with Crippen molar-refractivity contribution < 1.29 is 24.5 Å². The molecule has 0 spiro atoms. The van der Waals surface area contributed by atoms with Gasteiger partial charge in [0.15, 0.2) is 0 Å². The number of rotatable bonds is 13. The second-order valence-corrected chi connectivity index (χ2v) is 18.9. The van der Waals surface area contributed by atoms with Crippen molar-refractivity contribution in [1.82, 2.24) is 15.0 Å². The van der Waals surface area contributed by atoms with Gasteiger partial charge in [0.2, 0.25) is 0 Å². The van der Waals surface area contributed by atoms with Gasteiger partial charge in [-0.2, -0.15) is 0 Å². The maximum atomic E-state index is 6.72. The molecule has 12 rings (SSSR count). The second kappa shape index (κ2) is 21.4. The number of nitrogens with zero attached hydrogens (tertiary/aromatic N) is 3. The minimum absolute atomic E-state index is 0. The molecule has 4 aromatic heterocycles. The molecule has 4 heterocycles. The Morgan fingerprint density at radius 1 is 0.378 bits per heavy atom. The number of furan rings is 1. The van der Waals surface area contributed by atoms with E-state index < -0.39 is 0 Å². The Kier molecular flexibility index (Phi) is 13.9. The van der Waals surface area contributed by atoms with Crippen molar-refractivity contribution >= 4 is 21.9 Å². The molecule has 0 radical (unpaired) electrons. The Balaban J connectivity index is 0.00000588. The van der Waals surface area contributed by atoms with Gasteiger partial charge in [-0.05, 0) is 119 Å². The summed E-state index contributed by atoms with van der Waals surface area (Å²) in [5.74, 6) is 0. The van der Waals surface area contributed by atoms with Crippen LogP contribution in [0.15, 0.2) is 223 Å². The van der Waals surface area contributed by atoms with Crippen LogP contribution >= 0.6 is 0 Å². The van der Waals surface area contributed by atoms with E-state index in [0.29, 0.717) is 0 Å². The molecule has 0 N–H and O–H groups in total. The minimum Gasteiger partial charge on any atom is -0.456 e. The molecule has 0 fully saturated rings. The number of pyridine rings is 3. The minimum atomic E-state index is 0. The first-order valence-electron chi connectivity index (χ1n) is 25.0. The average Bonchev–Trinajstić information content (AvgIpc) is 3.84. The van der Waals surface area contributed by atoms with Crippen molar-refractivity contribution in [2.24, 2.45) is 0 Å². The molecule has 0 aliphatic rings. The number of hydrogen-bond donors (Lipinski definition) is 0. The summed E-state index contributed by atoms with van der Waals surface area (Å²) >= 11 is 0. The normalized spacial score (nSPS) is 11.2. The third-order valence-corrected chi connectivity index (χ3v) is 14.1. The summed E-state index contributed by atoms with van der Waals surface area (Å²) in [7, 11) is 0. The standard InChI is InChI=1S/C69H50N3O.Ir/c1-46-39-66(72-45-47(46)2)56-34-35-60(63(43-56)61-17-12-20-67-69(61)62-36-33-55(44-68(62)73-67)52-13-4-3-5-14-52)59-16-7-6-15-58(59)57-41-50(23-21-48-25-29-53(30-26-48)64-18-8-10-37-70-64)40-51(42-57)24-22-49-27-31-54(32-28-49)65-19-9-11-38-71-65;/h3-20,25-29,31,33,35-45H,21-24H2,1-2H3;/q-3;+3. The summed E-state index contributed by atoms with van der Waals surface area (Å²) in [5, 5.41) is 2.16. The van der Waals surface area contributed by atoms with Crippen molar-refractivity contribution in [1.29, 1.82) is 0 Å². The maximum Gasteiger partial charge on any atom is 3.00 e. The van der Waals surface area contributed by atoms with E-state index in [9.17, 15) is 0 Å². The Morgan fingerprint density at radius 2 is 1.00 bits per heavy atom. The van der Waals surface area contributed by atoms with Crippen LogP contribution in [0.25, 0.3) is 100 Å². The molecule has 4 nitrogen and oxygen atoms in total. The number of fused-ring (bicyclic) bond motifs is 3. The number of benzene rings is 8. The fourth-order valence-corrected chi connectivity index (χ4v) is 10.1. The van der Waals surface area contributed by atoms with E-state index in [1.807, 2.05) is 55.0 Å². The number of aromatic nitrogens is 3. The van der Waals surface area contributed by atoms with Gasteiger partial charge < -0.3 is 19.4 Å². The van der Waals surface area contributed by atoms with E-state index in [1.54, 1.807) is 0 Å². The van der Waals surface area contributed by atoms with Gasteiger partial charge in [-0.15, -0.1) is 94.5 Å². The zero-order valence-corrected chi connectivity index (χ0v) is 43.6. The van der Waals surface area contributed by atoms with Gasteiger partial charge in [-0.25, -0.2) is 0 Å². The first-order valence-corrected chi connectivity index (χ1v) is 25.0. The molecular weight excluding hydrogens is 1080 g/mol. The van der Waals surface area contributed by atoms with Crippen LogP contribution < -0.4 is 0 Å². The molecule has 0 atom stereocenters. The Hall–Kier alpha value is -8.34. The fourth-order valence-electron chi connectivity index (χ4n) is 10.1. The molecule has 5 heteroatoms. The van der Waals surface area contributed by atoms with E-state index in [1.165, 1.54) is 33.4 Å². The van der Waals surface area contributed by atoms with E-state index >= 15 is 0 Å². The molecule has 0 amide bonds. The van der Waals surface area contributed by atoms with E-state index in [0.717, 1.165) is 126 Å². The predicted octanol–water partition coefficient (Wildman–Crippen LogP) is 17.0. The van der Waals surface area contributed by atoms with Crippen LogP contribution in [0, 0.1) is 32.0 Å². The van der Waals surface area contributed by atoms with Gasteiger partial charge in [0.1, 0.15) is 11.2 Å². The van der Waals surface area contributed by atoms with Crippen LogP contribution in [-0.4, -0.2) is 15.0 Å². The van der Waals surface area contributed by atoms with E-state index in [4.69, 9.17) is 9.40 Å². The molecule has 0 aliphatic carbocycles.